The molecule has 0 bridgehead atoms. The number of hydrogen-bond acceptors (Lipinski definition) is 6. The molecule has 0 amide bonds. The lowest BCUT2D eigenvalue weighted by molar-refractivity contribution is -0.131. The maximum absolute atomic E-state index is 12.2. The van der Waals surface area contributed by atoms with Gasteiger partial charge < -0.3 is 18.6 Å². The van der Waals surface area contributed by atoms with Crippen molar-refractivity contribution in [2.24, 2.45) is 0 Å². The first-order valence-corrected chi connectivity index (χ1v) is 9.07. The second kappa shape index (κ2) is 9.78. The Labute approximate surface area is 164 Å². The van der Waals surface area contributed by atoms with Gasteiger partial charge in [0, 0.05) is 6.92 Å². The molecule has 6 heteroatoms. The van der Waals surface area contributed by atoms with E-state index in [9.17, 15) is 9.59 Å². The normalized spacial score (nSPS) is 11.2. The van der Waals surface area contributed by atoms with Crippen LogP contribution in [0.1, 0.15) is 40.5 Å². The zero-order chi connectivity index (χ0) is 20.7. The Morgan fingerprint density at radius 1 is 1.11 bits per heavy atom. The van der Waals surface area contributed by atoms with E-state index in [0.717, 1.165) is 12.8 Å². The average molecular weight is 386 g/mol. The number of allylic oxidation sites excluding steroid dienone is 3. The highest BCUT2D eigenvalue weighted by molar-refractivity contribution is 5.91. The Bertz CT molecular complexity index is 961. The molecule has 1 aromatic heterocycles. The molecule has 2 rings (SSSR count). The van der Waals surface area contributed by atoms with E-state index in [4.69, 9.17) is 18.6 Å². The molecule has 0 unspecified atom stereocenters. The monoisotopic (exact) mass is 386 g/mol. The second-order valence-electron chi connectivity index (χ2n) is 6.66. The summed E-state index contributed by atoms with van der Waals surface area (Å²) in [5.41, 5.74) is 1.98. The van der Waals surface area contributed by atoms with E-state index in [-0.39, 0.29) is 17.1 Å². The zero-order valence-corrected chi connectivity index (χ0v) is 17.0. The molecule has 0 N–H and O–H groups in total. The molecule has 0 saturated heterocycles. The molecule has 6 nitrogen and oxygen atoms in total. The minimum atomic E-state index is -0.740. The van der Waals surface area contributed by atoms with Gasteiger partial charge in [0.05, 0.1) is 12.5 Å². The summed E-state index contributed by atoms with van der Waals surface area (Å²) < 4.78 is 21.4. The van der Waals surface area contributed by atoms with Crippen molar-refractivity contribution in [2.75, 3.05) is 13.7 Å². The van der Waals surface area contributed by atoms with E-state index >= 15 is 0 Å². The SMILES string of the molecule is COc1c(OC(C)=O)c2cccc(OC/C=C(\C)CCC=C(C)C)c2oc1=O. The van der Waals surface area contributed by atoms with Gasteiger partial charge in [-0.1, -0.05) is 23.3 Å². The maximum atomic E-state index is 12.2. The number of para-hydroxylation sites is 1. The van der Waals surface area contributed by atoms with Crippen LogP contribution in [0.25, 0.3) is 11.0 Å². The molecule has 0 aliphatic carbocycles. The van der Waals surface area contributed by atoms with E-state index in [0.29, 0.717) is 17.7 Å². The van der Waals surface area contributed by atoms with Gasteiger partial charge in [-0.3, -0.25) is 4.79 Å². The van der Waals surface area contributed by atoms with Gasteiger partial charge in [-0.15, -0.1) is 0 Å². The van der Waals surface area contributed by atoms with E-state index in [2.05, 4.69) is 26.8 Å². The first-order chi connectivity index (χ1) is 13.3. The van der Waals surface area contributed by atoms with E-state index < -0.39 is 11.6 Å². The topological polar surface area (TPSA) is 75.0 Å². The second-order valence-corrected chi connectivity index (χ2v) is 6.66. The van der Waals surface area contributed by atoms with Crippen LogP contribution in [0.15, 0.2) is 50.7 Å². The van der Waals surface area contributed by atoms with Crippen LogP contribution < -0.4 is 19.8 Å². The van der Waals surface area contributed by atoms with Gasteiger partial charge in [-0.05, 0) is 51.8 Å². The third-order valence-corrected chi connectivity index (χ3v) is 4.02. The van der Waals surface area contributed by atoms with Crippen molar-refractivity contribution in [1.82, 2.24) is 0 Å². The Hall–Kier alpha value is -3.02. The number of carbonyl (C=O) groups excluding carboxylic acids is 1. The fraction of sp³-hybridized carbons (Fsp3) is 0.364. The van der Waals surface area contributed by atoms with Crippen LogP contribution >= 0.6 is 0 Å². The van der Waals surface area contributed by atoms with Gasteiger partial charge in [0.25, 0.3) is 0 Å². The minimum absolute atomic E-state index is 0.0279. The molecule has 0 spiro atoms. The first-order valence-electron chi connectivity index (χ1n) is 9.07. The number of benzene rings is 1. The Balaban J connectivity index is 2.29. The number of hydrogen-bond donors (Lipinski definition) is 0. The Morgan fingerprint density at radius 3 is 2.50 bits per heavy atom. The molecule has 1 heterocycles. The van der Waals surface area contributed by atoms with Gasteiger partial charge in [0.15, 0.2) is 17.1 Å². The summed E-state index contributed by atoms with van der Waals surface area (Å²) >= 11 is 0. The lowest BCUT2D eigenvalue weighted by Gasteiger charge is -2.12. The maximum Gasteiger partial charge on any atom is 0.383 e. The summed E-state index contributed by atoms with van der Waals surface area (Å²) in [4.78, 5) is 23.7. The molecule has 0 aliphatic heterocycles. The van der Waals surface area contributed by atoms with Crippen molar-refractivity contribution in [1.29, 1.82) is 0 Å². The van der Waals surface area contributed by atoms with Crippen molar-refractivity contribution in [3.63, 3.8) is 0 Å². The van der Waals surface area contributed by atoms with Gasteiger partial charge >= 0.3 is 11.6 Å². The fourth-order valence-electron chi connectivity index (χ4n) is 2.65. The molecule has 2 aromatic rings. The van der Waals surface area contributed by atoms with Gasteiger partial charge in [0.1, 0.15) is 6.61 Å². The Kier molecular flexibility index (Phi) is 7.44. The molecule has 28 heavy (non-hydrogen) atoms. The van der Waals surface area contributed by atoms with Crippen molar-refractivity contribution >= 4 is 16.9 Å². The third kappa shape index (κ3) is 5.49. The zero-order valence-electron chi connectivity index (χ0n) is 17.0. The van der Waals surface area contributed by atoms with Crippen molar-refractivity contribution < 1.29 is 23.4 Å². The van der Waals surface area contributed by atoms with E-state index in [1.165, 1.54) is 25.2 Å². The molecule has 1 aromatic carbocycles. The van der Waals surface area contributed by atoms with Crippen LogP contribution in [0, 0.1) is 0 Å². The number of esters is 1. The predicted octanol–water partition coefficient (Wildman–Crippen LogP) is 4.80. The summed E-state index contributed by atoms with van der Waals surface area (Å²) in [6.07, 6.45) is 6.13. The minimum Gasteiger partial charge on any atom is -0.487 e. The summed E-state index contributed by atoms with van der Waals surface area (Å²) in [6, 6.07) is 5.10. The highest BCUT2D eigenvalue weighted by atomic mass is 16.6. The number of methoxy groups -OCH3 is 1. The number of rotatable bonds is 8. The van der Waals surface area contributed by atoms with Crippen LogP contribution in [0.3, 0.4) is 0 Å². The molecular weight excluding hydrogens is 360 g/mol. The molecule has 0 fully saturated rings. The van der Waals surface area contributed by atoms with Crippen LogP contribution in [0.4, 0.5) is 0 Å². The van der Waals surface area contributed by atoms with Crippen LogP contribution in [0.5, 0.6) is 17.2 Å². The standard InChI is InChI=1S/C22H26O6/c1-14(2)8-6-9-15(3)12-13-26-18-11-7-10-17-19(18)28-22(24)21(25-5)20(17)27-16(4)23/h7-8,10-12H,6,9,13H2,1-5H3/b15-12+. The molecule has 0 aliphatic rings. The average Bonchev–Trinajstić information content (AvgIpc) is 2.61. The van der Waals surface area contributed by atoms with Crippen molar-refractivity contribution in [3.05, 3.63) is 51.9 Å². The lowest BCUT2D eigenvalue weighted by atomic mass is 10.1. The third-order valence-electron chi connectivity index (χ3n) is 4.02. The highest BCUT2D eigenvalue weighted by Crippen LogP contribution is 2.36. The summed E-state index contributed by atoms with van der Waals surface area (Å²) in [5, 5.41) is 0.424. The number of fused-ring (bicyclic) bond motifs is 1. The van der Waals surface area contributed by atoms with Crippen molar-refractivity contribution in [3.8, 4) is 17.2 Å². The van der Waals surface area contributed by atoms with Gasteiger partial charge in [-0.25, -0.2) is 4.79 Å². The van der Waals surface area contributed by atoms with E-state index in [1.807, 2.05) is 6.08 Å². The molecule has 0 radical (unpaired) electrons. The summed E-state index contributed by atoms with van der Waals surface area (Å²) in [6.45, 7) is 7.79. The van der Waals surface area contributed by atoms with Crippen LogP contribution in [-0.2, 0) is 4.79 Å². The van der Waals surface area contributed by atoms with E-state index in [1.54, 1.807) is 18.2 Å². The quantitative estimate of drug-likeness (QED) is 0.369. The lowest BCUT2D eigenvalue weighted by Crippen LogP contribution is -2.11. The summed E-state index contributed by atoms with van der Waals surface area (Å²) in [7, 11) is 1.31. The van der Waals surface area contributed by atoms with Gasteiger partial charge in [-0.2, -0.15) is 0 Å². The summed E-state index contributed by atoms with van der Waals surface area (Å²) in [5.74, 6) is -0.305. The molecule has 0 atom stereocenters. The number of ether oxygens (including phenoxy) is 3. The predicted molar refractivity (Wildman–Crippen MR) is 108 cm³/mol. The van der Waals surface area contributed by atoms with Crippen molar-refractivity contribution in [2.45, 2.75) is 40.5 Å². The molecule has 0 saturated carbocycles. The number of carbonyl (C=O) groups is 1. The molecule has 150 valence electrons. The fourth-order valence-corrected chi connectivity index (χ4v) is 2.65. The Morgan fingerprint density at radius 2 is 1.86 bits per heavy atom. The van der Waals surface area contributed by atoms with Crippen LogP contribution in [-0.4, -0.2) is 19.7 Å². The largest absolute Gasteiger partial charge is 0.487 e. The van der Waals surface area contributed by atoms with Gasteiger partial charge in [0.2, 0.25) is 5.75 Å². The molecular formula is C22H26O6. The highest BCUT2D eigenvalue weighted by Gasteiger charge is 2.20. The smallest absolute Gasteiger partial charge is 0.383 e. The van der Waals surface area contributed by atoms with Crippen LogP contribution in [0.2, 0.25) is 0 Å². The first kappa shape index (κ1) is 21.3.